The summed E-state index contributed by atoms with van der Waals surface area (Å²) in [5, 5.41) is 14.4. The summed E-state index contributed by atoms with van der Waals surface area (Å²) in [6.45, 7) is 3.33. The third-order valence-corrected chi connectivity index (χ3v) is 6.00. The van der Waals surface area contributed by atoms with Gasteiger partial charge in [0.25, 0.3) is 11.8 Å². The van der Waals surface area contributed by atoms with E-state index in [1.165, 1.54) is 11.3 Å². The standard InChI is InChI=1S/C17H18N6O2S/c1-10-5-7-26-14(10)17(24)22-6-4-12(8-22)23-9-13(19-21-23)16-18-15(20-25-16)11-2-3-11/h5,7,9,11-12H,2-4,6,8H2,1H3/t12-/m1/s1. The Bertz CT molecular complexity index is 956. The lowest BCUT2D eigenvalue weighted by Crippen LogP contribution is -2.29. The number of aryl methyl sites for hydroxylation is 1. The van der Waals surface area contributed by atoms with Gasteiger partial charge in [0.15, 0.2) is 11.5 Å². The van der Waals surface area contributed by atoms with Gasteiger partial charge in [-0.3, -0.25) is 4.79 Å². The number of thiophene rings is 1. The normalized spacial score (nSPS) is 20.0. The van der Waals surface area contributed by atoms with E-state index in [2.05, 4.69) is 20.5 Å². The van der Waals surface area contributed by atoms with Crippen molar-refractivity contribution in [3.63, 3.8) is 0 Å². The number of hydrogen-bond acceptors (Lipinski definition) is 7. The van der Waals surface area contributed by atoms with Crippen LogP contribution in [0.1, 0.15) is 52.3 Å². The van der Waals surface area contributed by atoms with Crippen molar-refractivity contribution in [2.24, 2.45) is 0 Å². The fourth-order valence-corrected chi connectivity index (χ4v) is 4.17. The lowest BCUT2D eigenvalue weighted by Gasteiger charge is -2.16. The summed E-state index contributed by atoms with van der Waals surface area (Å²) in [6.07, 6.45) is 4.94. The Labute approximate surface area is 153 Å². The molecule has 1 aliphatic carbocycles. The molecule has 1 amide bonds. The van der Waals surface area contributed by atoms with Crippen molar-refractivity contribution in [3.05, 3.63) is 33.9 Å². The average molecular weight is 370 g/mol. The predicted octanol–water partition coefficient (Wildman–Crippen LogP) is 2.66. The molecule has 0 aromatic carbocycles. The molecule has 134 valence electrons. The first-order chi connectivity index (χ1) is 12.7. The Hall–Kier alpha value is -2.55. The van der Waals surface area contributed by atoms with Gasteiger partial charge in [0.1, 0.15) is 0 Å². The Morgan fingerprint density at radius 1 is 1.35 bits per heavy atom. The van der Waals surface area contributed by atoms with E-state index in [4.69, 9.17) is 4.52 Å². The second kappa shape index (κ2) is 6.01. The first-order valence-electron chi connectivity index (χ1n) is 8.78. The molecule has 26 heavy (non-hydrogen) atoms. The predicted molar refractivity (Wildman–Crippen MR) is 93.9 cm³/mol. The quantitative estimate of drug-likeness (QED) is 0.701. The molecule has 0 unspecified atom stereocenters. The van der Waals surface area contributed by atoms with Crippen LogP contribution in [0.3, 0.4) is 0 Å². The highest BCUT2D eigenvalue weighted by Crippen LogP contribution is 2.38. The van der Waals surface area contributed by atoms with Crippen molar-refractivity contribution in [2.45, 2.75) is 38.1 Å². The summed E-state index contributed by atoms with van der Waals surface area (Å²) in [6, 6.07) is 2.10. The minimum absolute atomic E-state index is 0.103. The van der Waals surface area contributed by atoms with Crippen LogP contribution in [-0.4, -0.2) is 49.0 Å². The number of carbonyl (C=O) groups is 1. The number of rotatable bonds is 4. The van der Waals surface area contributed by atoms with Gasteiger partial charge in [-0.1, -0.05) is 10.4 Å². The lowest BCUT2D eigenvalue weighted by molar-refractivity contribution is 0.0791. The van der Waals surface area contributed by atoms with Crippen LogP contribution < -0.4 is 0 Å². The molecule has 0 N–H and O–H groups in total. The number of nitrogens with zero attached hydrogens (tertiary/aromatic N) is 6. The van der Waals surface area contributed by atoms with Crippen LogP contribution in [-0.2, 0) is 0 Å². The molecule has 3 aromatic rings. The first kappa shape index (κ1) is 15.7. The maximum atomic E-state index is 12.7. The zero-order chi connectivity index (χ0) is 17.7. The van der Waals surface area contributed by atoms with Gasteiger partial charge in [-0.25, -0.2) is 4.68 Å². The van der Waals surface area contributed by atoms with Crippen molar-refractivity contribution < 1.29 is 9.32 Å². The molecule has 5 rings (SSSR count). The minimum atomic E-state index is 0.103. The molecule has 2 aliphatic rings. The highest BCUT2D eigenvalue weighted by Gasteiger charge is 2.31. The van der Waals surface area contributed by atoms with E-state index in [0.29, 0.717) is 24.0 Å². The van der Waals surface area contributed by atoms with Crippen LogP contribution in [0.15, 0.2) is 22.2 Å². The Morgan fingerprint density at radius 2 is 2.23 bits per heavy atom. The highest BCUT2D eigenvalue weighted by atomic mass is 32.1. The summed E-state index contributed by atoms with van der Waals surface area (Å²) in [7, 11) is 0. The molecule has 1 aliphatic heterocycles. The topological polar surface area (TPSA) is 89.9 Å². The number of likely N-dealkylation sites (tertiary alicyclic amines) is 1. The molecular weight excluding hydrogens is 352 g/mol. The Morgan fingerprint density at radius 3 is 3.00 bits per heavy atom. The van der Waals surface area contributed by atoms with Gasteiger partial charge in [0.05, 0.1) is 17.1 Å². The molecular formula is C17H18N6O2S. The molecule has 0 spiro atoms. The van der Waals surface area contributed by atoms with E-state index in [0.717, 1.165) is 42.1 Å². The van der Waals surface area contributed by atoms with E-state index >= 15 is 0 Å². The molecule has 3 aromatic heterocycles. The SMILES string of the molecule is Cc1ccsc1C(=O)N1CC[C@@H](n2cc(-c3nc(C4CC4)no3)nn2)C1. The van der Waals surface area contributed by atoms with Crippen LogP contribution in [0.25, 0.3) is 11.6 Å². The molecule has 8 nitrogen and oxygen atoms in total. The number of carbonyl (C=O) groups excluding carboxylic acids is 1. The fourth-order valence-electron chi connectivity index (χ4n) is 3.28. The summed E-state index contributed by atoms with van der Waals surface area (Å²) >= 11 is 1.50. The fraction of sp³-hybridized carbons (Fsp3) is 0.471. The van der Waals surface area contributed by atoms with E-state index in [1.807, 2.05) is 34.1 Å². The van der Waals surface area contributed by atoms with Crippen LogP contribution in [0.5, 0.6) is 0 Å². The van der Waals surface area contributed by atoms with Gasteiger partial charge in [-0.05, 0) is 43.2 Å². The number of hydrogen-bond donors (Lipinski definition) is 0. The van der Waals surface area contributed by atoms with Crippen molar-refractivity contribution in [2.75, 3.05) is 13.1 Å². The zero-order valence-electron chi connectivity index (χ0n) is 14.3. The second-order valence-electron chi connectivity index (χ2n) is 6.94. The van der Waals surface area contributed by atoms with E-state index in [9.17, 15) is 4.79 Å². The Kier molecular flexibility index (Phi) is 3.63. The highest BCUT2D eigenvalue weighted by molar-refractivity contribution is 7.12. The lowest BCUT2D eigenvalue weighted by atomic mass is 10.2. The molecule has 4 heterocycles. The summed E-state index contributed by atoms with van der Waals surface area (Å²) < 4.78 is 7.12. The summed E-state index contributed by atoms with van der Waals surface area (Å²) in [5.41, 5.74) is 1.62. The minimum Gasteiger partial charge on any atom is -0.336 e. The van der Waals surface area contributed by atoms with E-state index in [1.54, 1.807) is 0 Å². The molecule has 1 saturated carbocycles. The first-order valence-corrected chi connectivity index (χ1v) is 9.66. The summed E-state index contributed by atoms with van der Waals surface area (Å²) in [4.78, 5) is 19.8. The van der Waals surface area contributed by atoms with Crippen LogP contribution in [0.4, 0.5) is 0 Å². The van der Waals surface area contributed by atoms with Gasteiger partial charge in [-0.15, -0.1) is 16.4 Å². The summed E-state index contributed by atoms with van der Waals surface area (Å²) in [5.74, 6) is 1.72. The largest absolute Gasteiger partial charge is 0.336 e. The molecule has 0 radical (unpaired) electrons. The molecule has 2 fully saturated rings. The third kappa shape index (κ3) is 2.72. The second-order valence-corrected chi connectivity index (χ2v) is 7.86. The third-order valence-electron chi connectivity index (χ3n) is 4.99. The van der Waals surface area contributed by atoms with Crippen LogP contribution in [0, 0.1) is 6.92 Å². The van der Waals surface area contributed by atoms with Crippen molar-refractivity contribution in [1.82, 2.24) is 30.0 Å². The Balaban J connectivity index is 1.29. The molecule has 0 bridgehead atoms. The van der Waals surface area contributed by atoms with Gasteiger partial charge in [-0.2, -0.15) is 4.98 Å². The van der Waals surface area contributed by atoms with Crippen LogP contribution >= 0.6 is 11.3 Å². The van der Waals surface area contributed by atoms with Crippen LogP contribution in [0.2, 0.25) is 0 Å². The van der Waals surface area contributed by atoms with Gasteiger partial charge < -0.3 is 9.42 Å². The van der Waals surface area contributed by atoms with Crippen molar-refractivity contribution in [1.29, 1.82) is 0 Å². The van der Waals surface area contributed by atoms with E-state index in [-0.39, 0.29) is 11.9 Å². The molecule has 9 heteroatoms. The van der Waals surface area contributed by atoms with E-state index < -0.39 is 0 Å². The van der Waals surface area contributed by atoms with Gasteiger partial charge in [0, 0.05) is 19.0 Å². The molecule has 1 atom stereocenters. The number of aromatic nitrogens is 5. The van der Waals surface area contributed by atoms with Gasteiger partial charge in [0.2, 0.25) is 0 Å². The van der Waals surface area contributed by atoms with Gasteiger partial charge >= 0.3 is 0 Å². The van der Waals surface area contributed by atoms with Crippen molar-refractivity contribution in [3.8, 4) is 11.6 Å². The maximum Gasteiger partial charge on any atom is 0.280 e. The average Bonchev–Trinajstić information content (AvgIpc) is 3.14. The monoisotopic (exact) mass is 370 g/mol. The zero-order valence-corrected chi connectivity index (χ0v) is 15.1. The van der Waals surface area contributed by atoms with Crippen molar-refractivity contribution >= 4 is 17.2 Å². The molecule has 1 saturated heterocycles. The number of amides is 1. The maximum absolute atomic E-state index is 12.7. The smallest absolute Gasteiger partial charge is 0.280 e.